The molecule has 0 bridgehead atoms. The van der Waals surface area contributed by atoms with Crippen LogP contribution in [0, 0.1) is 6.92 Å². The van der Waals surface area contributed by atoms with Crippen LogP contribution in [-0.4, -0.2) is 21.4 Å². The van der Waals surface area contributed by atoms with Crippen LogP contribution >= 0.6 is 0 Å². The molecule has 0 spiro atoms. The highest BCUT2D eigenvalue weighted by Crippen LogP contribution is 2.35. The van der Waals surface area contributed by atoms with Gasteiger partial charge in [-0.2, -0.15) is 5.10 Å². The fraction of sp³-hybridized carbons (Fsp3) is 0.400. The zero-order chi connectivity index (χ0) is 13.2. The number of aryl methyl sites for hydroxylation is 1. The lowest BCUT2D eigenvalue weighted by Crippen LogP contribution is -2.24. The van der Waals surface area contributed by atoms with Gasteiger partial charge in [0.05, 0.1) is 12.7 Å². The van der Waals surface area contributed by atoms with Gasteiger partial charge in [0, 0.05) is 18.8 Å². The molecule has 1 heterocycles. The van der Waals surface area contributed by atoms with E-state index in [-0.39, 0.29) is 0 Å². The highest BCUT2D eigenvalue weighted by Gasteiger charge is 2.23. The Morgan fingerprint density at radius 2 is 2.37 bits per heavy atom. The lowest BCUT2D eigenvalue weighted by atomic mass is 10.1. The molecular weight excluding hydrogens is 238 g/mol. The van der Waals surface area contributed by atoms with E-state index in [0.717, 1.165) is 31.5 Å². The molecular formula is C15H19N3O. The van der Waals surface area contributed by atoms with Crippen molar-refractivity contribution in [3.8, 4) is 5.75 Å². The van der Waals surface area contributed by atoms with Crippen molar-refractivity contribution in [1.82, 2.24) is 15.1 Å². The van der Waals surface area contributed by atoms with Gasteiger partial charge in [-0.1, -0.05) is 12.1 Å². The quantitative estimate of drug-likeness (QED) is 0.882. The average molecular weight is 257 g/mol. The van der Waals surface area contributed by atoms with E-state index >= 15 is 0 Å². The summed E-state index contributed by atoms with van der Waals surface area (Å²) in [5.41, 5.74) is 3.54. The van der Waals surface area contributed by atoms with Crippen LogP contribution in [0.2, 0.25) is 0 Å². The van der Waals surface area contributed by atoms with Crippen molar-refractivity contribution in [1.29, 1.82) is 0 Å². The molecule has 2 aromatic rings. The number of hydrogen-bond acceptors (Lipinski definition) is 3. The molecule has 1 unspecified atom stereocenters. The number of benzene rings is 1. The summed E-state index contributed by atoms with van der Waals surface area (Å²) in [6, 6.07) is 6.16. The third kappa shape index (κ3) is 2.49. The Morgan fingerprint density at radius 1 is 1.47 bits per heavy atom. The Bertz CT molecular complexity index is 577. The number of fused-ring (bicyclic) bond motifs is 1. The monoisotopic (exact) mass is 257 g/mol. The standard InChI is InChI=1S/C15H19N3O/c1-11-9-17-18(10-11)8-7-16-14-6-5-13-12(14)3-2-4-15(13)19/h2-4,9-10,14,16,19H,5-8H2,1H3. The molecule has 0 fully saturated rings. The molecule has 1 aliphatic carbocycles. The second kappa shape index (κ2) is 5.05. The van der Waals surface area contributed by atoms with Crippen LogP contribution in [0.15, 0.2) is 30.6 Å². The van der Waals surface area contributed by atoms with E-state index in [1.807, 2.05) is 23.9 Å². The van der Waals surface area contributed by atoms with E-state index in [1.165, 1.54) is 11.1 Å². The maximum absolute atomic E-state index is 9.81. The largest absolute Gasteiger partial charge is 0.508 e. The van der Waals surface area contributed by atoms with Gasteiger partial charge in [0.25, 0.3) is 0 Å². The van der Waals surface area contributed by atoms with E-state index in [1.54, 1.807) is 6.07 Å². The number of phenolic OH excluding ortho intramolecular Hbond substituents is 1. The maximum atomic E-state index is 9.81. The van der Waals surface area contributed by atoms with Gasteiger partial charge in [0.1, 0.15) is 5.75 Å². The third-order valence-corrected chi connectivity index (χ3v) is 3.74. The van der Waals surface area contributed by atoms with Crippen LogP contribution < -0.4 is 5.32 Å². The third-order valence-electron chi connectivity index (χ3n) is 3.74. The van der Waals surface area contributed by atoms with Crippen LogP contribution in [0.1, 0.15) is 29.2 Å². The van der Waals surface area contributed by atoms with Gasteiger partial charge < -0.3 is 10.4 Å². The molecule has 0 saturated carbocycles. The lowest BCUT2D eigenvalue weighted by Gasteiger charge is -2.14. The molecule has 4 heteroatoms. The number of hydrogen-bond donors (Lipinski definition) is 2. The van der Waals surface area contributed by atoms with Gasteiger partial charge in [-0.3, -0.25) is 4.68 Å². The van der Waals surface area contributed by atoms with Crippen LogP contribution in [0.5, 0.6) is 5.75 Å². The van der Waals surface area contributed by atoms with Gasteiger partial charge in [-0.25, -0.2) is 0 Å². The first kappa shape index (κ1) is 12.2. The fourth-order valence-corrected chi connectivity index (χ4v) is 2.79. The summed E-state index contributed by atoms with van der Waals surface area (Å²) >= 11 is 0. The first-order valence-corrected chi connectivity index (χ1v) is 6.77. The summed E-state index contributed by atoms with van der Waals surface area (Å²) in [7, 11) is 0. The summed E-state index contributed by atoms with van der Waals surface area (Å²) in [6.07, 6.45) is 5.95. The smallest absolute Gasteiger partial charge is 0.119 e. The molecule has 3 rings (SSSR count). The first-order chi connectivity index (χ1) is 9.24. The van der Waals surface area contributed by atoms with Gasteiger partial charge >= 0.3 is 0 Å². The van der Waals surface area contributed by atoms with Crippen molar-refractivity contribution in [3.05, 3.63) is 47.3 Å². The van der Waals surface area contributed by atoms with Crippen LogP contribution in [0.25, 0.3) is 0 Å². The number of rotatable bonds is 4. The number of aromatic nitrogens is 2. The van der Waals surface area contributed by atoms with Gasteiger partial charge in [0.2, 0.25) is 0 Å². The average Bonchev–Trinajstić information content (AvgIpc) is 2.98. The fourth-order valence-electron chi connectivity index (χ4n) is 2.79. The second-order valence-electron chi connectivity index (χ2n) is 5.17. The molecule has 2 N–H and O–H groups in total. The van der Waals surface area contributed by atoms with Crippen molar-refractivity contribution < 1.29 is 5.11 Å². The molecule has 0 aliphatic heterocycles. The molecule has 1 aliphatic rings. The predicted octanol–water partition coefficient (Wildman–Crippen LogP) is 2.17. The molecule has 100 valence electrons. The predicted molar refractivity (Wildman–Crippen MR) is 74.1 cm³/mol. The van der Waals surface area contributed by atoms with Crippen molar-refractivity contribution in [2.75, 3.05) is 6.54 Å². The lowest BCUT2D eigenvalue weighted by molar-refractivity contribution is 0.469. The summed E-state index contributed by atoms with van der Waals surface area (Å²) < 4.78 is 1.96. The van der Waals surface area contributed by atoms with E-state index in [0.29, 0.717) is 11.8 Å². The van der Waals surface area contributed by atoms with E-state index in [9.17, 15) is 5.11 Å². The molecule has 1 aromatic carbocycles. The normalized spacial score (nSPS) is 17.6. The molecule has 1 aromatic heterocycles. The van der Waals surface area contributed by atoms with Gasteiger partial charge in [0.15, 0.2) is 0 Å². The summed E-state index contributed by atoms with van der Waals surface area (Å²) in [4.78, 5) is 0. The number of nitrogens with one attached hydrogen (secondary N) is 1. The van der Waals surface area contributed by atoms with E-state index < -0.39 is 0 Å². The summed E-state index contributed by atoms with van der Waals surface area (Å²) in [6.45, 7) is 3.81. The zero-order valence-corrected chi connectivity index (χ0v) is 11.1. The van der Waals surface area contributed by atoms with E-state index in [2.05, 4.69) is 22.7 Å². The molecule has 0 amide bonds. The molecule has 19 heavy (non-hydrogen) atoms. The van der Waals surface area contributed by atoms with Crippen molar-refractivity contribution in [2.45, 2.75) is 32.4 Å². The minimum absolute atomic E-state index is 0.360. The first-order valence-electron chi connectivity index (χ1n) is 6.77. The summed E-state index contributed by atoms with van der Waals surface area (Å²) in [5, 5.41) is 17.6. The van der Waals surface area contributed by atoms with E-state index in [4.69, 9.17) is 0 Å². The number of nitrogens with zero attached hydrogens (tertiary/aromatic N) is 2. The Hall–Kier alpha value is -1.81. The van der Waals surface area contributed by atoms with Gasteiger partial charge in [-0.15, -0.1) is 0 Å². The Balaban J connectivity index is 1.59. The maximum Gasteiger partial charge on any atom is 0.119 e. The Labute approximate surface area is 113 Å². The minimum Gasteiger partial charge on any atom is -0.508 e. The minimum atomic E-state index is 0.360. The number of phenols is 1. The van der Waals surface area contributed by atoms with Crippen LogP contribution in [0.4, 0.5) is 0 Å². The molecule has 0 saturated heterocycles. The van der Waals surface area contributed by atoms with Crippen LogP contribution in [-0.2, 0) is 13.0 Å². The molecule has 4 nitrogen and oxygen atoms in total. The highest BCUT2D eigenvalue weighted by atomic mass is 16.3. The Kier molecular flexibility index (Phi) is 3.25. The molecule has 0 radical (unpaired) electrons. The highest BCUT2D eigenvalue weighted by molar-refractivity contribution is 5.44. The molecule has 1 atom stereocenters. The number of aromatic hydroxyl groups is 1. The van der Waals surface area contributed by atoms with Gasteiger partial charge in [-0.05, 0) is 42.5 Å². The van der Waals surface area contributed by atoms with Crippen molar-refractivity contribution in [3.63, 3.8) is 0 Å². The zero-order valence-electron chi connectivity index (χ0n) is 11.1. The van der Waals surface area contributed by atoms with Crippen molar-refractivity contribution >= 4 is 0 Å². The summed E-state index contributed by atoms with van der Waals surface area (Å²) in [5.74, 6) is 0.435. The SMILES string of the molecule is Cc1cnn(CCNC2CCc3c(O)cccc32)c1. The van der Waals surface area contributed by atoms with Crippen LogP contribution in [0.3, 0.4) is 0 Å². The Morgan fingerprint density at radius 3 is 3.16 bits per heavy atom. The second-order valence-corrected chi connectivity index (χ2v) is 5.17. The van der Waals surface area contributed by atoms with Crippen molar-refractivity contribution in [2.24, 2.45) is 0 Å². The topological polar surface area (TPSA) is 50.1 Å².